The third kappa shape index (κ3) is 3.37. The van der Waals surface area contributed by atoms with E-state index < -0.39 is 0 Å². The summed E-state index contributed by atoms with van der Waals surface area (Å²) in [6.45, 7) is 0. The van der Waals surface area contributed by atoms with Crippen LogP contribution >= 0.6 is 43.2 Å². The van der Waals surface area contributed by atoms with Gasteiger partial charge in [0.05, 0.1) is 3.79 Å². The monoisotopic (exact) mass is 374 g/mol. The summed E-state index contributed by atoms with van der Waals surface area (Å²) in [6, 6.07) is 8.48. The zero-order valence-corrected chi connectivity index (χ0v) is 13.3. The van der Waals surface area contributed by atoms with Crippen molar-refractivity contribution in [3.8, 4) is 0 Å². The molecule has 0 spiro atoms. The van der Waals surface area contributed by atoms with E-state index in [4.69, 9.17) is 0 Å². The van der Waals surface area contributed by atoms with Crippen molar-refractivity contribution >= 4 is 43.2 Å². The average molecular weight is 376 g/mol. The second kappa shape index (κ2) is 6.09. The topological polar surface area (TPSA) is 24.9 Å². The Balaban J connectivity index is 2.17. The van der Waals surface area contributed by atoms with Gasteiger partial charge in [0.2, 0.25) is 0 Å². The average Bonchev–Trinajstić information content (AvgIpc) is 2.68. The van der Waals surface area contributed by atoms with Crippen molar-refractivity contribution in [2.75, 3.05) is 7.05 Å². The molecule has 1 unspecified atom stereocenters. The minimum Gasteiger partial charge on any atom is -0.312 e. The minimum absolute atomic E-state index is 0.303. The molecular formula is C12H12Br2N2S. The van der Waals surface area contributed by atoms with Gasteiger partial charge in [-0.15, -0.1) is 11.3 Å². The molecule has 0 saturated carbocycles. The normalized spacial score (nSPS) is 12.6. The van der Waals surface area contributed by atoms with Crippen molar-refractivity contribution in [2.24, 2.45) is 0 Å². The number of thiophene rings is 1. The van der Waals surface area contributed by atoms with Crippen LogP contribution in [-0.4, -0.2) is 12.0 Å². The van der Waals surface area contributed by atoms with Crippen LogP contribution in [0.4, 0.5) is 0 Å². The van der Waals surface area contributed by atoms with Crippen LogP contribution < -0.4 is 5.32 Å². The van der Waals surface area contributed by atoms with E-state index in [0.717, 1.165) is 20.4 Å². The van der Waals surface area contributed by atoms with E-state index in [9.17, 15) is 0 Å². The van der Waals surface area contributed by atoms with Gasteiger partial charge >= 0.3 is 0 Å². The summed E-state index contributed by atoms with van der Waals surface area (Å²) >= 11 is 8.79. The molecule has 0 bridgehead atoms. The molecule has 0 saturated heterocycles. The summed E-state index contributed by atoms with van der Waals surface area (Å²) in [7, 11) is 1.98. The fourth-order valence-electron chi connectivity index (χ4n) is 1.61. The zero-order chi connectivity index (χ0) is 12.3. The third-order valence-corrected chi connectivity index (χ3v) is 5.87. The second-order valence-corrected chi connectivity index (χ2v) is 6.89. The molecule has 1 atom stereocenters. The lowest BCUT2D eigenvalue weighted by Crippen LogP contribution is -2.18. The summed E-state index contributed by atoms with van der Waals surface area (Å²) in [5.74, 6) is 0. The van der Waals surface area contributed by atoms with E-state index in [1.807, 2.05) is 25.4 Å². The van der Waals surface area contributed by atoms with Gasteiger partial charge in [-0.1, -0.05) is 6.07 Å². The van der Waals surface area contributed by atoms with Gasteiger partial charge in [-0.25, -0.2) is 0 Å². The Morgan fingerprint density at radius 3 is 2.76 bits per heavy atom. The smallest absolute Gasteiger partial charge is 0.0843 e. The maximum absolute atomic E-state index is 4.36. The molecule has 2 heterocycles. The first kappa shape index (κ1) is 13.2. The van der Waals surface area contributed by atoms with Crippen molar-refractivity contribution in [3.05, 3.63) is 49.3 Å². The van der Waals surface area contributed by atoms with Gasteiger partial charge in [-0.2, -0.15) is 0 Å². The lowest BCUT2D eigenvalue weighted by molar-refractivity contribution is 0.594. The highest BCUT2D eigenvalue weighted by molar-refractivity contribution is 9.13. The van der Waals surface area contributed by atoms with Crippen LogP contribution in [0.2, 0.25) is 0 Å². The van der Waals surface area contributed by atoms with Crippen molar-refractivity contribution in [2.45, 2.75) is 12.5 Å². The van der Waals surface area contributed by atoms with Gasteiger partial charge in [0.1, 0.15) is 0 Å². The molecule has 2 nitrogen and oxygen atoms in total. The predicted octanol–water partition coefficient (Wildman–Crippen LogP) is 4.17. The number of pyridine rings is 1. The number of rotatable bonds is 4. The van der Waals surface area contributed by atoms with Crippen LogP contribution in [0.3, 0.4) is 0 Å². The molecule has 90 valence electrons. The number of nitrogens with zero attached hydrogens (tertiary/aromatic N) is 1. The Morgan fingerprint density at radius 1 is 1.41 bits per heavy atom. The Bertz CT molecular complexity index is 465. The van der Waals surface area contributed by atoms with Gasteiger partial charge in [0, 0.05) is 33.7 Å². The summed E-state index contributed by atoms with van der Waals surface area (Å²) in [6.07, 6.45) is 2.74. The molecular weight excluding hydrogens is 364 g/mol. The maximum Gasteiger partial charge on any atom is 0.0843 e. The van der Waals surface area contributed by atoms with E-state index in [1.54, 1.807) is 11.3 Å². The van der Waals surface area contributed by atoms with Crippen molar-refractivity contribution in [3.63, 3.8) is 0 Å². The highest BCUT2D eigenvalue weighted by Gasteiger charge is 2.15. The minimum atomic E-state index is 0.303. The molecule has 0 aliphatic rings. The van der Waals surface area contributed by atoms with Crippen molar-refractivity contribution in [1.82, 2.24) is 10.3 Å². The molecule has 2 aromatic heterocycles. The summed E-state index contributed by atoms with van der Waals surface area (Å²) in [4.78, 5) is 5.67. The highest BCUT2D eigenvalue weighted by Crippen LogP contribution is 2.36. The Morgan fingerprint density at radius 2 is 2.24 bits per heavy atom. The fraction of sp³-hybridized carbons (Fsp3) is 0.250. The molecule has 17 heavy (non-hydrogen) atoms. The summed E-state index contributed by atoms with van der Waals surface area (Å²) in [5.41, 5.74) is 1.10. The van der Waals surface area contributed by atoms with E-state index in [2.05, 4.69) is 54.3 Å². The Kier molecular flexibility index (Phi) is 4.73. The predicted molar refractivity (Wildman–Crippen MR) is 79.5 cm³/mol. The Labute approximate surface area is 122 Å². The molecule has 0 fully saturated rings. The molecule has 1 N–H and O–H groups in total. The summed E-state index contributed by atoms with van der Waals surface area (Å²) < 4.78 is 2.24. The number of hydrogen-bond acceptors (Lipinski definition) is 3. The van der Waals surface area contributed by atoms with E-state index in [0.29, 0.717) is 6.04 Å². The van der Waals surface area contributed by atoms with Crippen LogP contribution in [0.15, 0.2) is 38.7 Å². The van der Waals surface area contributed by atoms with Crippen LogP contribution in [-0.2, 0) is 6.42 Å². The molecule has 5 heteroatoms. The standard InChI is InChI=1S/C12H12Br2N2S/c1-15-10(6-8-4-2-3-5-16-8)11-7-9(13)12(14)17-11/h2-5,7,10,15H,6H2,1H3. The first-order valence-corrected chi connectivity index (χ1v) is 7.63. The van der Waals surface area contributed by atoms with Crippen molar-refractivity contribution in [1.29, 1.82) is 0 Å². The van der Waals surface area contributed by atoms with Crippen molar-refractivity contribution < 1.29 is 0 Å². The van der Waals surface area contributed by atoms with Gasteiger partial charge < -0.3 is 5.32 Å². The van der Waals surface area contributed by atoms with Crippen LogP contribution in [0.25, 0.3) is 0 Å². The molecule has 2 rings (SSSR count). The Hall–Kier alpha value is -0.230. The lowest BCUT2D eigenvalue weighted by Gasteiger charge is -2.13. The van der Waals surface area contributed by atoms with E-state index >= 15 is 0 Å². The molecule has 0 amide bonds. The van der Waals surface area contributed by atoms with E-state index in [-0.39, 0.29) is 0 Å². The van der Waals surface area contributed by atoms with Gasteiger partial charge in [0.25, 0.3) is 0 Å². The molecule has 0 radical (unpaired) electrons. The molecule has 0 aliphatic heterocycles. The summed E-state index contributed by atoms with van der Waals surface area (Å²) in [5, 5.41) is 3.34. The first-order valence-electron chi connectivity index (χ1n) is 5.22. The van der Waals surface area contributed by atoms with Gasteiger partial charge in [0.15, 0.2) is 0 Å². The number of hydrogen-bond donors (Lipinski definition) is 1. The van der Waals surface area contributed by atoms with Crippen LogP contribution in [0.5, 0.6) is 0 Å². The maximum atomic E-state index is 4.36. The van der Waals surface area contributed by atoms with Gasteiger partial charge in [-0.3, -0.25) is 4.98 Å². The number of aromatic nitrogens is 1. The molecule has 0 aliphatic carbocycles. The largest absolute Gasteiger partial charge is 0.312 e. The zero-order valence-electron chi connectivity index (χ0n) is 9.28. The lowest BCUT2D eigenvalue weighted by atomic mass is 10.1. The molecule has 0 aromatic carbocycles. The third-order valence-electron chi connectivity index (χ3n) is 2.50. The quantitative estimate of drug-likeness (QED) is 0.867. The SMILES string of the molecule is CNC(Cc1ccccn1)c1cc(Br)c(Br)s1. The number of halogens is 2. The van der Waals surface area contributed by atoms with Crippen LogP contribution in [0.1, 0.15) is 16.6 Å². The number of nitrogens with one attached hydrogen (secondary N) is 1. The second-order valence-electron chi connectivity index (χ2n) is 3.64. The van der Waals surface area contributed by atoms with Gasteiger partial charge in [-0.05, 0) is 57.1 Å². The van der Waals surface area contributed by atoms with E-state index in [1.165, 1.54) is 4.88 Å². The van der Waals surface area contributed by atoms with Crippen LogP contribution in [0, 0.1) is 0 Å². The molecule has 2 aromatic rings. The number of likely N-dealkylation sites (N-methyl/N-ethyl adjacent to an activating group) is 1. The highest BCUT2D eigenvalue weighted by atomic mass is 79.9. The fourth-order valence-corrected chi connectivity index (χ4v) is 3.81. The first-order chi connectivity index (χ1) is 8.20.